The van der Waals surface area contributed by atoms with E-state index >= 15 is 0 Å². The zero-order valence-electron chi connectivity index (χ0n) is 45.0. The first-order chi connectivity index (χ1) is 33.6. The van der Waals surface area contributed by atoms with Crippen molar-refractivity contribution in [2.45, 2.75) is 91.9 Å². The van der Waals surface area contributed by atoms with Gasteiger partial charge in [0.25, 0.3) is 0 Å². The van der Waals surface area contributed by atoms with Gasteiger partial charge in [0.15, 0.2) is 0 Å². The summed E-state index contributed by atoms with van der Waals surface area (Å²) in [6.45, 7) is 21.8. The van der Waals surface area contributed by atoms with Gasteiger partial charge < -0.3 is 5.11 Å². The zero-order chi connectivity index (χ0) is 50.8. The number of para-hydroxylation sites is 1. The van der Waals surface area contributed by atoms with Crippen LogP contribution in [0.3, 0.4) is 0 Å². The van der Waals surface area contributed by atoms with E-state index in [-0.39, 0.29) is 67.1 Å². The molecule has 0 saturated heterocycles. The molecule has 0 fully saturated rings. The number of aromatic nitrogens is 3. The van der Waals surface area contributed by atoms with Crippen molar-refractivity contribution in [1.29, 1.82) is 0 Å². The van der Waals surface area contributed by atoms with E-state index in [9.17, 15) is 5.11 Å². The van der Waals surface area contributed by atoms with Crippen LogP contribution in [0.4, 0.5) is 0 Å². The number of nitrogens with zero attached hydrogens (tertiary/aromatic N) is 3. The van der Waals surface area contributed by atoms with Crippen molar-refractivity contribution < 1.29 is 33.0 Å². The van der Waals surface area contributed by atoms with Gasteiger partial charge in [-0.05, 0) is 97.5 Å². The van der Waals surface area contributed by atoms with Gasteiger partial charge in [-0.15, -0.1) is 29.3 Å². The molecule has 0 atom stereocenters. The summed E-state index contributed by atoms with van der Waals surface area (Å²) in [5.41, 5.74) is 14.5. The molecular weight excluding hydrogens is 998 g/mol. The first kappa shape index (κ1) is 40.9. The van der Waals surface area contributed by atoms with E-state index < -0.39 is 18.1 Å². The first-order valence-electron chi connectivity index (χ1n) is 25.4. The molecule has 340 valence electrons. The number of imidazole rings is 1. The fourth-order valence-corrected chi connectivity index (χ4v) is 8.88. The van der Waals surface area contributed by atoms with Crippen molar-refractivity contribution in [3.8, 4) is 78.6 Å². The van der Waals surface area contributed by atoms with Gasteiger partial charge >= 0.3 is 0 Å². The van der Waals surface area contributed by atoms with Gasteiger partial charge in [-0.25, -0.2) is 4.98 Å². The molecule has 7 aromatic carbocycles. The van der Waals surface area contributed by atoms with Gasteiger partial charge in [-0.1, -0.05) is 196 Å². The van der Waals surface area contributed by atoms with Crippen molar-refractivity contribution in [3.63, 3.8) is 0 Å². The molecule has 0 aliphatic heterocycles. The number of phenols is 1. The molecule has 9 aromatic rings. The average molecular weight is 1060 g/mol. The van der Waals surface area contributed by atoms with E-state index in [0.717, 1.165) is 66.8 Å². The molecule has 0 radical (unpaired) electrons. The van der Waals surface area contributed by atoms with Crippen LogP contribution in [0.25, 0.3) is 83.9 Å². The summed E-state index contributed by atoms with van der Waals surface area (Å²) in [5.74, 6) is 1.02. The second kappa shape index (κ2) is 18.7. The molecule has 0 spiro atoms. The molecule has 0 aliphatic carbocycles. The number of rotatable bonds is 9. The number of hydrogen-bond acceptors (Lipinski definition) is 3. The molecule has 0 aliphatic rings. The topological polar surface area (TPSA) is 50.9 Å². The maximum absolute atomic E-state index is 12.5. The molecule has 5 heteroatoms. The zero-order valence-corrected chi connectivity index (χ0v) is 42.2. The largest absolute Gasteiger partial charge is 0.507 e. The normalized spacial score (nSPS) is 13.0. The maximum atomic E-state index is 12.5. The van der Waals surface area contributed by atoms with Crippen LogP contribution in [0.5, 0.6) is 5.75 Å². The Bertz CT molecular complexity index is 3490. The number of phenolic OH excluding ortho intramolecular Hbond substituents is 1. The van der Waals surface area contributed by atoms with Crippen LogP contribution in [0, 0.1) is 6.07 Å². The van der Waals surface area contributed by atoms with Crippen molar-refractivity contribution >= 4 is 11.0 Å². The Morgan fingerprint density at radius 2 is 1.25 bits per heavy atom. The molecule has 0 saturated carbocycles. The number of benzene rings is 7. The smallest absolute Gasteiger partial charge is 0.148 e. The Balaban J connectivity index is 0.00000693. The van der Waals surface area contributed by atoms with E-state index in [1.807, 2.05) is 12.1 Å². The summed E-state index contributed by atoms with van der Waals surface area (Å²) in [7, 11) is 0. The summed E-state index contributed by atoms with van der Waals surface area (Å²) in [6.07, 6.45) is 1.61. The second-order valence-electron chi connectivity index (χ2n) is 20.0. The number of pyridine rings is 1. The van der Waals surface area contributed by atoms with Gasteiger partial charge in [0, 0.05) is 38.5 Å². The fourth-order valence-electron chi connectivity index (χ4n) is 8.88. The minimum atomic E-state index is -0.438. The molecule has 2 aromatic heterocycles. The third-order valence-corrected chi connectivity index (χ3v) is 12.6. The SMILES string of the molecule is [2H]c1c([2H])c([2H])c(-c2ccnc(-c3[c-]c(-c4cccc5c4nc(-c4cc(C(C)C)cc(C(C)C)c4O)n5-c4cc(-c5ccccc5)c(C(C)(C)C)cc4-c4ccccc4)cc(C(C)(C)C)c3)c2)c([2H])c1[2H].[Pt]. The summed E-state index contributed by atoms with van der Waals surface area (Å²) in [5, 5.41) is 12.5. The molecule has 0 amide bonds. The monoisotopic (exact) mass is 1060 g/mol. The third-order valence-electron chi connectivity index (χ3n) is 12.6. The number of fused-ring (bicyclic) bond motifs is 1. The predicted octanol–water partition coefficient (Wildman–Crippen LogP) is 16.8. The summed E-state index contributed by atoms with van der Waals surface area (Å²) in [4.78, 5) is 10.5. The number of hydrogen-bond donors (Lipinski definition) is 1. The van der Waals surface area contributed by atoms with Crippen molar-refractivity contribution in [2.24, 2.45) is 0 Å². The molecule has 2 heterocycles. The molecular formula is C62H60N3OPt-. The van der Waals surface area contributed by atoms with Crippen LogP contribution in [-0.2, 0) is 31.9 Å². The summed E-state index contributed by atoms with van der Waals surface area (Å²) in [6, 6.07) is 45.8. The van der Waals surface area contributed by atoms with Crippen LogP contribution in [-0.4, -0.2) is 19.6 Å². The Labute approximate surface area is 419 Å². The third kappa shape index (κ3) is 9.34. The van der Waals surface area contributed by atoms with E-state index in [2.05, 4.69) is 183 Å². The molecule has 0 bridgehead atoms. The average Bonchev–Trinajstić information content (AvgIpc) is 3.74. The van der Waals surface area contributed by atoms with Gasteiger partial charge in [-0.3, -0.25) is 9.55 Å². The van der Waals surface area contributed by atoms with Crippen LogP contribution in [0.2, 0.25) is 0 Å². The standard InChI is InChI=1S/C62H60N3O.Pt/c1-39(2)45-34-50(40(3)4)59(66)53(35-45)60-64-58-49(46-31-47(33-48(32-46)61(5,6)7)55-36-44(29-30-63-55)41-21-14-11-15-22-41)27-20-28-56(58)65(60)57-38-51(42-23-16-12-17-24-42)54(62(8,9)10)37-52(57)43-25-18-13-19-26-43;/h11-30,32-40,66H,1-10H3;/q-1;/i11D,14D,15D,21D,22D;. The van der Waals surface area contributed by atoms with Crippen LogP contribution in [0.1, 0.15) is 110 Å². The Morgan fingerprint density at radius 1 is 0.597 bits per heavy atom. The quantitative estimate of drug-likeness (QED) is 0.147. The molecule has 9 rings (SSSR count). The van der Waals surface area contributed by atoms with Crippen molar-refractivity contribution in [2.75, 3.05) is 0 Å². The fraction of sp³-hybridized carbons (Fsp3) is 0.226. The number of aromatic hydroxyl groups is 1. The van der Waals surface area contributed by atoms with Crippen molar-refractivity contribution in [1.82, 2.24) is 14.5 Å². The summed E-state index contributed by atoms with van der Waals surface area (Å²) >= 11 is 0. The molecule has 67 heavy (non-hydrogen) atoms. The minimum Gasteiger partial charge on any atom is -0.507 e. The van der Waals surface area contributed by atoms with Crippen LogP contribution < -0.4 is 0 Å². The Kier molecular flexibility index (Phi) is 11.4. The van der Waals surface area contributed by atoms with E-state index in [0.29, 0.717) is 28.2 Å². The van der Waals surface area contributed by atoms with Crippen LogP contribution in [0.15, 0.2) is 164 Å². The van der Waals surface area contributed by atoms with Crippen LogP contribution >= 0.6 is 0 Å². The molecule has 1 N–H and O–H groups in total. The Morgan fingerprint density at radius 3 is 1.88 bits per heavy atom. The van der Waals surface area contributed by atoms with E-state index in [1.54, 1.807) is 18.3 Å². The first-order valence-corrected chi connectivity index (χ1v) is 22.9. The second-order valence-corrected chi connectivity index (χ2v) is 20.0. The van der Waals surface area contributed by atoms with Gasteiger partial charge in [0.1, 0.15) is 11.6 Å². The maximum Gasteiger partial charge on any atom is 0.148 e. The molecule has 4 nitrogen and oxygen atoms in total. The van der Waals surface area contributed by atoms with Crippen molar-refractivity contribution in [3.05, 3.63) is 192 Å². The van der Waals surface area contributed by atoms with Gasteiger partial charge in [-0.2, -0.15) is 0 Å². The van der Waals surface area contributed by atoms with E-state index in [1.165, 1.54) is 5.56 Å². The minimum absolute atomic E-state index is 0. The van der Waals surface area contributed by atoms with E-state index in [4.69, 9.17) is 16.8 Å². The molecule has 0 unspecified atom stereocenters. The Hall–Kier alpha value is -6.35. The summed E-state index contributed by atoms with van der Waals surface area (Å²) < 4.78 is 44.7. The predicted molar refractivity (Wildman–Crippen MR) is 278 cm³/mol. The van der Waals surface area contributed by atoms with Gasteiger partial charge in [0.2, 0.25) is 0 Å². The van der Waals surface area contributed by atoms with Gasteiger partial charge in [0.05, 0.1) is 29.1 Å².